The van der Waals surface area contributed by atoms with Crippen molar-refractivity contribution < 1.29 is 13.2 Å². The molecule has 2 aromatic heterocycles. The monoisotopic (exact) mass is 490 g/mol. The first-order chi connectivity index (χ1) is 16.4. The van der Waals surface area contributed by atoms with Crippen LogP contribution in [0.1, 0.15) is 43.5 Å². The van der Waals surface area contributed by atoms with Gasteiger partial charge in [-0.05, 0) is 50.0 Å². The van der Waals surface area contributed by atoms with Crippen LogP contribution in [-0.4, -0.2) is 32.6 Å². The molecule has 0 saturated carbocycles. The van der Waals surface area contributed by atoms with Crippen LogP contribution in [0.3, 0.4) is 0 Å². The molecule has 1 saturated heterocycles. The lowest BCUT2D eigenvalue weighted by Crippen LogP contribution is -2.21. The Kier molecular flexibility index (Phi) is 7.84. The number of piperidine rings is 1. The fourth-order valence-corrected chi connectivity index (χ4v) is 4.13. The van der Waals surface area contributed by atoms with Gasteiger partial charge in [0.1, 0.15) is 17.2 Å². The summed E-state index contributed by atoms with van der Waals surface area (Å²) in [7, 11) is 1.72. The van der Waals surface area contributed by atoms with Crippen LogP contribution in [0.4, 0.5) is 19.1 Å². The molecule has 1 aliphatic carbocycles. The van der Waals surface area contributed by atoms with Gasteiger partial charge in [0.2, 0.25) is 5.95 Å². The first-order valence-electron chi connectivity index (χ1n) is 11.3. The SMILES string of the molecule is C1CCNCC1.Cn1c(C2=C(F)CCC=C2Cl)nc2cnc(NCc3ccc(F)c(F)c3)nc21. The molecule has 34 heavy (non-hydrogen) atoms. The molecule has 2 N–H and O–H groups in total. The van der Waals surface area contributed by atoms with Gasteiger partial charge in [0, 0.05) is 20.0 Å². The van der Waals surface area contributed by atoms with E-state index in [9.17, 15) is 13.2 Å². The predicted molar refractivity (Wildman–Crippen MR) is 128 cm³/mol. The van der Waals surface area contributed by atoms with Crippen molar-refractivity contribution in [3.63, 3.8) is 0 Å². The second-order valence-electron chi connectivity index (χ2n) is 8.18. The summed E-state index contributed by atoms with van der Waals surface area (Å²) in [5.41, 5.74) is 1.80. The molecule has 0 bridgehead atoms. The van der Waals surface area contributed by atoms with E-state index in [0.717, 1.165) is 12.1 Å². The zero-order valence-electron chi connectivity index (χ0n) is 18.8. The molecular formula is C24H26ClF3N6. The highest BCUT2D eigenvalue weighted by atomic mass is 35.5. The lowest BCUT2D eigenvalue weighted by Gasteiger charge is -2.12. The molecule has 6 nitrogen and oxygen atoms in total. The van der Waals surface area contributed by atoms with E-state index in [1.807, 2.05) is 0 Å². The number of rotatable bonds is 4. The van der Waals surface area contributed by atoms with Crippen LogP contribution in [0.25, 0.3) is 16.7 Å². The van der Waals surface area contributed by atoms with Crippen LogP contribution in [0.5, 0.6) is 0 Å². The van der Waals surface area contributed by atoms with Gasteiger partial charge in [0.05, 0.1) is 16.8 Å². The minimum atomic E-state index is -0.917. The Morgan fingerprint density at radius 2 is 1.88 bits per heavy atom. The van der Waals surface area contributed by atoms with E-state index in [0.29, 0.717) is 34.0 Å². The quantitative estimate of drug-likeness (QED) is 0.497. The summed E-state index contributed by atoms with van der Waals surface area (Å²) in [5.74, 6) is -1.47. The van der Waals surface area contributed by atoms with Crippen molar-refractivity contribution in [3.05, 3.63) is 64.4 Å². The molecule has 1 aromatic carbocycles. The third-order valence-electron chi connectivity index (χ3n) is 5.67. The van der Waals surface area contributed by atoms with Crippen molar-refractivity contribution in [2.45, 2.75) is 38.6 Å². The molecular weight excluding hydrogens is 465 g/mol. The number of halogens is 4. The number of fused-ring (bicyclic) bond motifs is 1. The standard InChI is InChI=1S/C19H15ClF3N5.C5H11N/c1-28-17-15(26-18(28)16-11(20)3-2-4-13(16)22)9-25-19(27-17)24-8-10-5-6-12(21)14(23)7-10;1-2-4-6-5-3-1/h3,5-7,9H,2,4,8H2,1H3,(H,24,25,27);6H,1-5H2. The van der Waals surface area contributed by atoms with Gasteiger partial charge in [-0.3, -0.25) is 0 Å². The molecule has 1 aliphatic heterocycles. The van der Waals surface area contributed by atoms with E-state index in [4.69, 9.17) is 11.6 Å². The Labute approximate surface area is 201 Å². The molecule has 10 heteroatoms. The van der Waals surface area contributed by atoms with E-state index in [-0.39, 0.29) is 30.3 Å². The zero-order valence-corrected chi connectivity index (χ0v) is 19.6. The van der Waals surface area contributed by atoms with Gasteiger partial charge in [-0.25, -0.2) is 23.1 Å². The number of aryl methyl sites for hydroxylation is 1. The molecule has 3 heterocycles. The molecule has 0 amide bonds. The zero-order chi connectivity index (χ0) is 24.1. The highest BCUT2D eigenvalue weighted by Gasteiger charge is 2.22. The maximum atomic E-state index is 14.3. The fraction of sp³-hybridized carbons (Fsp3) is 0.375. The van der Waals surface area contributed by atoms with Crippen LogP contribution >= 0.6 is 11.6 Å². The van der Waals surface area contributed by atoms with Gasteiger partial charge in [-0.2, -0.15) is 4.98 Å². The number of anilines is 1. The Hall–Kier alpha value is -2.91. The van der Waals surface area contributed by atoms with Crippen LogP contribution in [0, 0.1) is 11.6 Å². The average Bonchev–Trinajstić information content (AvgIpc) is 3.17. The fourth-order valence-electron chi connectivity index (χ4n) is 3.83. The van der Waals surface area contributed by atoms with Gasteiger partial charge in [-0.15, -0.1) is 0 Å². The van der Waals surface area contributed by atoms with E-state index >= 15 is 0 Å². The number of nitrogens with zero attached hydrogens (tertiary/aromatic N) is 4. The summed E-state index contributed by atoms with van der Waals surface area (Å²) in [5, 5.41) is 6.57. The molecule has 1 fully saturated rings. The molecule has 0 radical (unpaired) electrons. The summed E-state index contributed by atoms with van der Waals surface area (Å²) in [4.78, 5) is 13.0. The van der Waals surface area contributed by atoms with Gasteiger partial charge in [0.15, 0.2) is 17.3 Å². The van der Waals surface area contributed by atoms with Crippen molar-refractivity contribution in [1.82, 2.24) is 24.8 Å². The predicted octanol–water partition coefficient (Wildman–Crippen LogP) is 5.61. The second-order valence-corrected chi connectivity index (χ2v) is 8.59. The second kappa shape index (κ2) is 11.0. The highest BCUT2D eigenvalue weighted by Crippen LogP contribution is 2.36. The molecule has 0 spiro atoms. The van der Waals surface area contributed by atoms with Crippen LogP contribution in [-0.2, 0) is 13.6 Å². The number of imidazole rings is 1. The van der Waals surface area contributed by atoms with E-state index < -0.39 is 11.6 Å². The number of hydrogen-bond donors (Lipinski definition) is 2. The largest absolute Gasteiger partial charge is 0.350 e. The number of benzene rings is 1. The number of allylic oxidation sites excluding steroid dienone is 4. The first-order valence-corrected chi connectivity index (χ1v) is 11.6. The Bertz CT molecular complexity index is 1220. The van der Waals surface area contributed by atoms with Gasteiger partial charge in [-0.1, -0.05) is 30.2 Å². The maximum Gasteiger partial charge on any atom is 0.225 e. The van der Waals surface area contributed by atoms with Crippen LogP contribution < -0.4 is 10.6 Å². The third-order valence-corrected chi connectivity index (χ3v) is 6.02. The lowest BCUT2D eigenvalue weighted by atomic mass is 10.1. The van der Waals surface area contributed by atoms with Crippen molar-refractivity contribution >= 4 is 34.3 Å². The number of hydrogen-bond acceptors (Lipinski definition) is 5. The third kappa shape index (κ3) is 5.59. The molecule has 2 aliphatic rings. The molecule has 180 valence electrons. The smallest absolute Gasteiger partial charge is 0.225 e. The van der Waals surface area contributed by atoms with Crippen LogP contribution in [0.15, 0.2) is 41.3 Å². The molecule has 5 rings (SSSR count). The summed E-state index contributed by atoms with van der Waals surface area (Å²) >= 11 is 6.19. The highest BCUT2D eigenvalue weighted by molar-refractivity contribution is 6.37. The van der Waals surface area contributed by atoms with E-state index in [2.05, 4.69) is 25.6 Å². The van der Waals surface area contributed by atoms with Crippen molar-refractivity contribution in [2.75, 3.05) is 18.4 Å². The summed E-state index contributed by atoms with van der Waals surface area (Å²) < 4.78 is 42.3. The van der Waals surface area contributed by atoms with Crippen molar-refractivity contribution in [3.8, 4) is 0 Å². The van der Waals surface area contributed by atoms with Gasteiger partial charge >= 0.3 is 0 Å². The maximum absolute atomic E-state index is 14.3. The number of aromatic nitrogens is 4. The van der Waals surface area contributed by atoms with Crippen molar-refractivity contribution in [2.24, 2.45) is 7.05 Å². The normalized spacial score (nSPS) is 16.2. The van der Waals surface area contributed by atoms with Crippen molar-refractivity contribution in [1.29, 1.82) is 0 Å². The minimum absolute atomic E-state index is 0.210. The molecule has 0 atom stereocenters. The Balaban J connectivity index is 0.000000398. The molecule has 3 aromatic rings. The topological polar surface area (TPSA) is 67.7 Å². The lowest BCUT2D eigenvalue weighted by molar-refractivity contribution is 0.507. The summed E-state index contributed by atoms with van der Waals surface area (Å²) in [6.45, 7) is 2.71. The number of nitrogens with one attached hydrogen (secondary N) is 2. The Morgan fingerprint density at radius 3 is 2.53 bits per heavy atom. The van der Waals surface area contributed by atoms with Crippen LogP contribution in [0.2, 0.25) is 0 Å². The van der Waals surface area contributed by atoms with E-state index in [1.54, 1.807) is 17.7 Å². The molecule has 0 unspecified atom stereocenters. The van der Waals surface area contributed by atoms with Gasteiger partial charge in [0.25, 0.3) is 0 Å². The van der Waals surface area contributed by atoms with Gasteiger partial charge < -0.3 is 15.2 Å². The average molecular weight is 491 g/mol. The summed E-state index contributed by atoms with van der Waals surface area (Å²) in [6, 6.07) is 3.64. The summed E-state index contributed by atoms with van der Waals surface area (Å²) in [6.07, 6.45) is 8.32. The van der Waals surface area contributed by atoms with E-state index in [1.165, 1.54) is 44.6 Å². The Morgan fingerprint density at radius 1 is 1.09 bits per heavy atom. The first kappa shape index (κ1) is 24.2. The minimum Gasteiger partial charge on any atom is -0.350 e.